The summed E-state index contributed by atoms with van der Waals surface area (Å²) >= 11 is 0. The molecule has 6 nitrogen and oxygen atoms in total. The zero-order chi connectivity index (χ0) is 15.9. The summed E-state index contributed by atoms with van der Waals surface area (Å²) in [5, 5.41) is 2.79. The minimum Gasteiger partial charge on any atom is -0.496 e. The maximum Gasteiger partial charge on any atom is 0.273 e. The van der Waals surface area contributed by atoms with Gasteiger partial charge in [0.05, 0.1) is 13.2 Å². The molecule has 0 aliphatic carbocycles. The maximum absolute atomic E-state index is 12.1. The molecule has 1 aromatic heterocycles. The zero-order valence-corrected chi connectivity index (χ0v) is 12.8. The molecular formula is C16H21N3O3. The van der Waals surface area contributed by atoms with Gasteiger partial charge in [-0.15, -0.1) is 0 Å². The van der Waals surface area contributed by atoms with Gasteiger partial charge < -0.3 is 20.2 Å². The van der Waals surface area contributed by atoms with Crippen LogP contribution in [-0.2, 0) is 6.54 Å². The fourth-order valence-corrected chi connectivity index (χ4v) is 2.11. The molecule has 0 bridgehead atoms. The zero-order valence-electron chi connectivity index (χ0n) is 12.8. The first-order valence-corrected chi connectivity index (χ1v) is 7.26. The topological polar surface area (TPSA) is 90.4 Å². The highest BCUT2D eigenvalue weighted by atomic mass is 16.5. The van der Waals surface area contributed by atoms with Crippen molar-refractivity contribution in [1.82, 2.24) is 10.3 Å². The van der Waals surface area contributed by atoms with E-state index in [1.807, 2.05) is 31.2 Å². The van der Waals surface area contributed by atoms with Gasteiger partial charge in [-0.05, 0) is 12.5 Å². The molecule has 0 aliphatic heterocycles. The molecule has 1 aromatic carbocycles. The lowest BCUT2D eigenvalue weighted by molar-refractivity contribution is 0.0945. The second-order valence-electron chi connectivity index (χ2n) is 4.96. The Morgan fingerprint density at radius 3 is 2.95 bits per heavy atom. The number of ether oxygens (including phenoxy) is 1. The van der Waals surface area contributed by atoms with Crippen LogP contribution < -0.4 is 15.8 Å². The molecule has 22 heavy (non-hydrogen) atoms. The van der Waals surface area contributed by atoms with Gasteiger partial charge in [0.15, 0.2) is 5.69 Å². The molecule has 1 unspecified atom stereocenters. The normalized spacial score (nSPS) is 12.0. The molecule has 1 heterocycles. The van der Waals surface area contributed by atoms with Crippen molar-refractivity contribution in [3.05, 3.63) is 47.7 Å². The molecule has 3 N–H and O–H groups in total. The SMILES string of the molecule is CCCC(N)c1nc(C(=O)NCc2ccccc2OC)co1. The van der Waals surface area contributed by atoms with Gasteiger partial charge in [0.25, 0.3) is 5.91 Å². The largest absolute Gasteiger partial charge is 0.496 e. The number of rotatable bonds is 7. The van der Waals surface area contributed by atoms with Gasteiger partial charge in [0.2, 0.25) is 5.89 Å². The molecular weight excluding hydrogens is 282 g/mol. The highest BCUT2D eigenvalue weighted by molar-refractivity contribution is 5.91. The van der Waals surface area contributed by atoms with E-state index in [0.717, 1.165) is 24.2 Å². The van der Waals surface area contributed by atoms with Crippen LogP contribution in [0.4, 0.5) is 0 Å². The quantitative estimate of drug-likeness (QED) is 0.819. The van der Waals surface area contributed by atoms with Crippen molar-refractivity contribution in [3.63, 3.8) is 0 Å². The van der Waals surface area contributed by atoms with E-state index in [9.17, 15) is 4.79 Å². The summed E-state index contributed by atoms with van der Waals surface area (Å²) in [6.07, 6.45) is 3.03. The van der Waals surface area contributed by atoms with Gasteiger partial charge in [0, 0.05) is 12.1 Å². The Bertz CT molecular complexity index is 625. The smallest absolute Gasteiger partial charge is 0.273 e. The average molecular weight is 303 g/mol. The van der Waals surface area contributed by atoms with E-state index in [1.54, 1.807) is 7.11 Å². The van der Waals surface area contributed by atoms with Crippen molar-refractivity contribution in [2.75, 3.05) is 7.11 Å². The molecule has 0 saturated heterocycles. The molecule has 0 radical (unpaired) electrons. The van der Waals surface area contributed by atoms with Gasteiger partial charge >= 0.3 is 0 Å². The molecule has 0 aliphatic rings. The van der Waals surface area contributed by atoms with Crippen molar-refractivity contribution in [3.8, 4) is 5.75 Å². The number of hydrogen-bond donors (Lipinski definition) is 2. The Morgan fingerprint density at radius 1 is 1.45 bits per heavy atom. The number of para-hydroxylation sites is 1. The number of oxazole rings is 1. The first-order chi connectivity index (χ1) is 10.7. The number of nitrogens with zero attached hydrogens (tertiary/aromatic N) is 1. The molecule has 0 fully saturated rings. The van der Waals surface area contributed by atoms with Crippen molar-refractivity contribution in [2.24, 2.45) is 5.73 Å². The number of nitrogens with one attached hydrogen (secondary N) is 1. The monoisotopic (exact) mass is 303 g/mol. The Hall–Kier alpha value is -2.34. The van der Waals surface area contributed by atoms with Crippen LogP contribution in [0.25, 0.3) is 0 Å². The van der Waals surface area contributed by atoms with Gasteiger partial charge in [-0.25, -0.2) is 4.98 Å². The highest BCUT2D eigenvalue weighted by Gasteiger charge is 2.16. The van der Waals surface area contributed by atoms with Crippen LogP contribution in [0.5, 0.6) is 5.75 Å². The van der Waals surface area contributed by atoms with Crippen molar-refractivity contribution in [2.45, 2.75) is 32.4 Å². The lowest BCUT2D eigenvalue weighted by Crippen LogP contribution is -2.23. The fraction of sp³-hybridized carbons (Fsp3) is 0.375. The molecule has 2 aromatic rings. The third kappa shape index (κ3) is 3.85. The van der Waals surface area contributed by atoms with Crippen molar-refractivity contribution in [1.29, 1.82) is 0 Å². The number of aromatic nitrogens is 1. The Morgan fingerprint density at radius 2 is 2.23 bits per heavy atom. The predicted octanol–water partition coefficient (Wildman–Crippen LogP) is 2.41. The molecule has 0 saturated carbocycles. The Kier molecular flexibility index (Phi) is 5.55. The van der Waals surface area contributed by atoms with E-state index in [-0.39, 0.29) is 17.6 Å². The van der Waals surface area contributed by atoms with E-state index in [0.29, 0.717) is 12.4 Å². The molecule has 6 heteroatoms. The maximum atomic E-state index is 12.1. The summed E-state index contributed by atoms with van der Waals surface area (Å²) in [6, 6.07) is 7.23. The fourth-order valence-electron chi connectivity index (χ4n) is 2.11. The van der Waals surface area contributed by atoms with Crippen LogP contribution in [-0.4, -0.2) is 18.0 Å². The van der Waals surface area contributed by atoms with E-state index in [2.05, 4.69) is 10.3 Å². The van der Waals surface area contributed by atoms with Gasteiger partial charge in [-0.3, -0.25) is 4.79 Å². The predicted molar refractivity (Wildman–Crippen MR) is 82.5 cm³/mol. The number of amides is 1. The molecule has 1 amide bonds. The van der Waals surface area contributed by atoms with Crippen LogP contribution >= 0.6 is 0 Å². The highest BCUT2D eigenvalue weighted by Crippen LogP contribution is 2.17. The van der Waals surface area contributed by atoms with Crippen molar-refractivity contribution >= 4 is 5.91 Å². The summed E-state index contributed by atoms with van der Waals surface area (Å²) in [5.74, 6) is 0.822. The van der Waals surface area contributed by atoms with E-state index in [4.69, 9.17) is 14.9 Å². The Balaban J connectivity index is 1.98. The average Bonchev–Trinajstić information content (AvgIpc) is 3.03. The summed E-state index contributed by atoms with van der Waals surface area (Å²) in [6.45, 7) is 2.38. The third-order valence-electron chi connectivity index (χ3n) is 3.30. The van der Waals surface area contributed by atoms with Gasteiger partial charge in [-0.2, -0.15) is 0 Å². The first kappa shape index (κ1) is 16.0. The lowest BCUT2D eigenvalue weighted by atomic mass is 10.2. The number of hydrogen-bond acceptors (Lipinski definition) is 5. The van der Waals surface area contributed by atoms with Crippen LogP contribution in [0, 0.1) is 0 Å². The van der Waals surface area contributed by atoms with E-state index in [1.165, 1.54) is 6.26 Å². The van der Waals surface area contributed by atoms with Crippen LogP contribution in [0.3, 0.4) is 0 Å². The summed E-state index contributed by atoms with van der Waals surface area (Å²) in [7, 11) is 1.60. The molecule has 2 rings (SSSR count). The minimum atomic E-state index is -0.301. The van der Waals surface area contributed by atoms with E-state index < -0.39 is 0 Å². The lowest BCUT2D eigenvalue weighted by Gasteiger charge is -2.08. The molecule has 0 spiro atoms. The molecule has 118 valence electrons. The number of carbonyl (C=O) groups excluding carboxylic acids is 1. The molecule has 1 atom stereocenters. The van der Waals surface area contributed by atoms with Crippen molar-refractivity contribution < 1.29 is 13.9 Å². The van der Waals surface area contributed by atoms with Crippen LogP contribution in [0.2, 0.25) is 0 Å². The van der Waals surface area contributed by atoms with Crippen LogP contribution in [0.1, 0.15) is 47.7 Å². The number of methoxy groups -OCH3 is 1. The second kappa shape index (κ2) is 7.61. The number of nitrogens with two attached hydrogens (primary N) is 1. The van der Waals surface area contributed by atoms with Gasteiger partial charge in [-0.1, -0.05) is 31.5 Å². The minimum absolute atomic E-state index is 0.233. The van der Waals surface area contributed by atoms with Gasteiger partial charge in [0.1, 0.15) is 12.0 Å². The summed E-state index contributed by atoms with van der Waals surface area (Å²) < 4.78 is 10.5. The third-order valence-corrected chi connectivity index (χ3v) is 3.30. The first-order valence-electron chi connectivity index (χ1n) is 7.26. The van der Waals surface area contributed by atoms with E-state index >= 15 is 0 Å². The Labute approximate surface area is 129 Å². The number of benzene rings is 1. The van der Waals surface area contributed by atoms with Crippen LogP contribution in [0.15, 0.2) is 34.9 Å². The summed E-state index contributed by atoms with van der Waals surface area (Å²) in [5.41, 5.74) is 7.04. The second-order valence-corrected chi connectivity index (χ2v) is 4.96. The standard InChI is InChI=1S/C16H21N3O3/c1-3-6-12(17)16-19-13(10-22-16)15(20)18-9-11-7-4-5-8-14(11)21-2/h4-5,7-8,10,12H,3,6,9,17H2,1-2H3,(H,18,20). The summed E-state index contributed by atoms with van der Waals surface area (Å²) in [4.78, 5) is 16.2. The number of carbonyl (C=O) groups is 1.